The van der Waals surface area contributed by atoms with Gasteiger partial charge < -0.3 is 9.31 Å². The van der Waals surface area contributed by atoms with Crippen LogP contribution in [0.4, 0.5) is 0 Å². The van der Waals surface area contributed by atoms with Crippen molar-refractivity contribution in [2.75, 3.05) is 5.75 Å². The summed E-state index contributed by atoms with van der Waals surface area (Å²) in [4.78, 5) is 1.28. The molecule has 0 aliphatic carbocycles. The summed E-state index contributed by atoms with van der Waals surface area (Å²) in [5.41, 5.74) is 1.11. The van der Waals surface area contributed by atoms with Gasteiger partial charge in [-0.25, -0.2) is 0 Å². The second kappa shape index (κ2) is 7.86. The van der Waals surface area contributed by atoms with E-state index in [1.54, 1.807) is 0 Å². The summed E-state index contributed by atoms with van der Waals surface area (Å²) in [6, 6.07) is 20.7. The zero-order valence-electron chi connectivity index (χ0n) is 12.9. The second-order valence-electron chi connectivity index (χ2n) is 5.50. The lowest BCUT2D eigenvalue weighted by Crippen LogP contribution is -2.32. The molecule has 0 spiro atoms. The molecule has 2 aromatic carbocycles. The van der Waals surface area contributed by atoms with Crippen molar-refractivity contribution in [3.05, 3.63) is 60.7 Å². The second-order valence-corrected chi connectivity index (χ2v) is 6.60. The highest BCUT2D eigenvalue weighted by Crippen LogP contribution is 2.27. The third-order valence-electron chi connectivity index (χ3n) is 3.81. The number of rotatable bonds is 6. The van der Waals surface area contributed by atoms with E-state index in [4.69, 9.17) is 9.31 Å². The van der Waals surface area contributed by atoms with Gasteiger partial charge in [0.1, 0.15) is 0 Å². The number of hydrogen-bond donors (Lipinski definition) is 0. The maximum absolute atomic E-state index is 6.19. The number of hydrogen-bond acceptors (Lipinski definition) is 3. The van der Waals surface area contributed by atoms with Crippen LogP contribution in [0.1, 0.15) is 19.8 Å². The summed E-state index contributed by atoms with van der Waals surface area (Å²) in [5.74, 6) is 0.929. The smallest absolute Gasteiger partial charge is 0.402 e. The minimum Gasteiger partial charge on any atom is -0.402 e. The molecule has 4 heteroatoms. The van der Waals surface area contributed by atoms with Gasteiger partial charge in [-0.3, -0.25) is 0 Å². The highest BCUT2D eigenvalue weighted by atomic mass is 32.2. The van der Waals surface area contributed by atoms with Crippen LogP contribution in [0.25, 0.3) is 0 Å². The van der Waals surface area contributed by atoms with E-state index >= 15 is 0 Å². The van der Waals surface area contributed by atoms with Gasteiger partial charge in [0, 0.05) is 10.6 Å². The fraction of sp³-hybridized carbons (Fsp3) is 0.333. The molecule has 22 heavy (non-hydrogen) atoms. The van der Waals surface area contributed by atoms with E-state index in [9.17, 15) is 0 Å². The SMILES string of the molecule is CCC[C@H]1OB(c2ccccc2)O[C@H]1CSc1ccccc1. The first-order chi connectivity index (χ1) is 10.9. The van der Waals surface area contributed by atoms with Crippen LogP contribution in [0, 0.1) is 0 Å². The molecule has 2 nitrogen and oxygen atoms in total. The average molecular weight is 312 g/mol. The topological polar surface area (TPSA) is 18.5 Å². The molecule has 1 heterocycles. The lowest BCUT2D eigenvalue weighted by atomic mass is 9.79. The third kappa shape index (κ3) is 3.95. The van der Waals surface area contributed by atoms with Crippen molar-refractivity contribution in [3.8, 4) is 0 Å². The Bertz CT molecular complexity index is 564. The van der Waals surface area contributed by atoms with Gasteiger partial charge in [0.25, 0.3) is 0 Å². The third-order valence-corrected chi connectivity index (χ3v) is 4.91. The summed E-state index contributed by atoms with van der Waals surface area (Å²) in [6.07, 6.45) is 2.49. The number of benzene rings is 2. The quantitative estimate of drug-likeness (QED) is 0.598. The molecule has 2 atom stereocenters. The Morgan fingerprint density at radius 1 is 0.909 bits per heavy atom. The molecule has 1 aliphatic rings. The van der Waals surface area contributed by atoms with Crippen LogP contribution in [-0.4, -0.2) is 25.1 Å². The minimum absolute atomic E-state index is 0.148. The van der Waals surface area contributed by atoms with E-state index in [-0.39, 0.29) is 19.3 Å². The van der Waals surface area contributed by atoms with Crippen molar-refractivity contribution in [1.29, 1.82) is 0 Å². The Balaban J connectivity index is 1.64. The van der Waals surface area contributed by atoms with E-state index in [1.807, 2.05) is 36.0 Å². The Labute approximate surface area is 137 Å². The molecule has 1 fully saturated rings. The van der Waals surface area contributed by atoms with Crippen LogP contribution in [-0.2, 0) is 9.31 Å². The van der Waals surface area contributed by atoms with Crippen LogP contribution in [0.3, 0.4) is 0 Å². The van der Waals surface area contributed by atoms with Crippen molar-refractivity contribution in [3.63, 3.8) is 0 Å². The van der Waals surface area contributed by atoms with Gasteiger partial charge in [-0.15, -0.1) is 11.8 Å². The molecular formula is C18H21BO2S. The summed E-state index contributed by atoms with van der Waals surface area (Å²) in [7, 11) is -0.223. The van der Waals surface area contributed by atoms with Gasteiger partial charge in [0.05, 0.1) is 12.2 Å². The first kappa shape index (κ1) is 15.7. The van der Waals surface area contributed by atoms with Crippen molar-refractivity contribution < 1.29 is 9.31 Å². The summed E-state index contributed by atoms with van der Waals surface area (Å²) in [5, 5.41) is 0. The molecule has 2 aromatic rings. The normalized spacial score (nSPS) is 21.2. The first-order valence-electron chi connectivity index (χ1n) is 7.90. The lowest BCUT2D eigenvalue weighted by molar-refractivity contribution is 0.164. The van der Waals surface area contributed by atoms with E-state index in [1.165, 1.54) is 4.90 Å². The largest absolute Gasteiger partial charge is 0.494 e. The Morgan fingerprint density at radius 2 is 1.55 bits per heavy atom. The molecule has 0 N–H and O–H groups in total. The van der Waals surface area contributed by atoms with Crippen molar-refractivity contribution in [2.45, 2.75) is 36.9 Å². The summed E-state index contributed by atoms with van der Waals surface area (Å²) >= 11 is 1.84. The predicted molar refractivity (Wildman–Crippen MR) is 93.7 cm³/mol. The molecule has 114 valence electrons. The average Bonchev–Trinajstić information content (AvgIpc) is 2.98. The molecule has 0 unspecified atom stereocenters. The molecule has 1 saturated heterocycles. The maximum Gasteiger partial charge on any atom is 0.494 e. The van der Waals surface area contributed by atoms with Gasteiger partial charge in [-0.05, 0) is 24.0 Å². The Hall–Kier alpha value is -1.23. The van der Waals surface area contributed by atoms with Gasteiger partial charge in [0.2, 0.25) is 0 Å². The molecule has 0 amide bonds. The van der Waals surface area contributed by atoms with E-state index in [0.29, 0.717) is 0 Å². The molecule has 3 rings (SSSR count). The highest BCUT2D eigenvalue weighted by molar-refractivity contribution is 7.99. The zero-order valence-corrected chi connectivity index (χ0v) is 13.7. The number of thioether (sulfide) groups is 1. The van der Waals surface area contributed by atoms with Gasteiger partial charge in [-0.2, -0.15) is 0 Å². The van der Waals surface area contributed by atoms with Gasteiger partial charge in [-0.1, -0.05) is 61.9 Å². The zero-order chi connectivity index (χ0) is 15.2. The predicted octanol–water partition coefficient (Wildman–Crippen LogP) is 3.76. The molecule has 0 bridgehead atoms. The summed E-state index contributed by atoms with van der Waals surface area (Å²) in [6.45, 7) is 2.20. The van der Waals surface area contributed by atoms with Gasteiger partial charge >= 0.3 is 7.12 Å². The van der Waals surface area contributed by atoms with Crippen LogP contribution in [0.15, 0.2) is 65.6 Å². The fourth-order valence-electron chi connectivity index (χ4n) is 2.67. The van der Waals surface area contributed by atoms with Crippen molar-refractivity contribution in [1.82, 2.24) is 0 Å². The van der Waals surface area contributed by atoms with Gasteiger partial charge in [0.15, 0.2) is 0 Å². The Kier molecular flexibility index (Phi) is 5.60. The van der Waals surface area contributed by atoms with Crippen LogP contribution in [0.2, 0.25) is 0 Å². The highest BCUT2D eigenvalue weighted by Gasteiger charge is 2.39. The molecule has 0 radical (unpaired) electrons. The van der Waals surface area contributed by atoms with Crippen LogP contribution in [0.5, 0.6) is 0 Å². The molecule has 0 aromatic heterocycles. The lowest BCUT2D eigenvalue weighted by Gasteiger charge is -2.17. The molecule has 0 saturated carbocycles. The standard InChI is InChI=1S/C18H21BO2S/c1-2-9-17-18(14-22-16-12-7-4-8-13-16)21-19(20-17)15-10-5-3-6-11-15/h3-8,10-13,17-18H,2,9,14H2,1H3/t17-,18+/m1/s1. The fourth-order valence-corrected chi connectivity index (χ4v) is 3.67. The van der Waals surface area contributed by atoms with Crippen molar-refractivity contribution in [2.24, 2.45) is 0 Å². The molecular weight excluding hydrogens is 291 g/mol. The van der Waals surface area contributed by atoms with Crippen molar-refractivity contribution >= 4 is 24.3 Å². The van der Waals surface area contributed by atoms with E-state index in [2.05, 4.69) is 43.3 Å². The summed E-state index contributed by atoms with van der Waals surface area (Å²) < 4.78 is 12.3. The first-order valence-corrected chi connectivity index (χ1v) is 8.89. The van der Waals surface area contributed by atoms with E-state index in [0.717, 1.165) is 24.1 Å². The minimum atomic E-state index is -0.223. The molecule has 1 aliphatic heterocycles. The monoisotopic (exact) mass is 312 g/mol. The van der Waals surface area contributed by atoms with Crippen LogP contribution >= 0.6 is 11.8 Å². The van der Waals surface area contributed by atoms with E-state index < -0.39 is 0 Å². The van der Waals surface area contributed by atoms with Crippen LogP contribution < -0.4 is 5.46 Å². The maximum atomic E-state index is 6.19. The Morgan fingerprint density at radius 3 is 2.23 bits per heavy atom.